The molecular weight excluding hydrogens is 540 g/mol. The molecule has 0 aromatic heterocycles. The van der Waals surface area contributed by atoms with Crippen molar-refractivity contribution in [1.82, 2.24) is 0 Å². The molecule has 262 valence electrons. The number of aliphatic hydroxyl groups excluding tert-OH is 1. The van der Waals surface area contributed by atoms with E-state index in [1.807, 2.05) is 0 Å². The van der Waals surface area contributed by atoms with Crippen LogP contribution >= 0.6 is 0 Å². The fourth-order valence-corrected chi connectivity index (χ4v) is 6.16. The highest BCUT2D eigenvalue weighted by Crippen LogP contribution is 2.16. The SMILES string of the molecule is CCCCC=CCCCCCCCC(=O)OCCCCCCCCCCCCCCCCCCCCCCCCCCCO. The van der Waals surface area contributed by atoms with Gasteiger partial charge in [-0.2, -0.15) is 0 Å². The molecule has 0 amide bonds. The molecule has 0 fully saturated rings. The van der Waals surface area contributed by atoms with E-state index in [-0.39, 0.29) is 5.97 Å². The van der Waals surface area contributed by atoms with Gasteiger partial charge in [0.2, 0.25) is 0 Å². The summed E-state index contributed by atoms with van der Waals surface area (Å²) in [6.07, 6.45) is 50.3. The van der Waals surface area contributed by atoms with Gasteiger partial charge in [0.15, 0.2) is 0 Å². The smallest absolute Gasteiger partial charge is 0.305 e. The highest BCUT2D eigenvalue weighted by Gasteiger charge is 2.02. The molecule has 0 rings (SSSR count). The molecule has 44 heavy (non-hydrogen) atoms. The van der Waals surface area contributed by atoms with Crippen LogP contribution < -0.4 is 0 Å². The topological polar surface area (TPSA) is 46.5 Å². The monoisotopic (exact) mass is 621 g/mol. The Labute approximate surface area is 277 Å². The van der Waals surface area contributed by atoms with Crippen LogP contribution in [-0.4, -0.2) is 24.3 Å². The first-order valence-corrected chi connectivity index (χ1v) is 20.2. The van der Waals surface area contributed by atoms with Gasteiger partial charge in [-0.25, -0.2) is 0 Å². The van der Waals surface area contributed by atoms with E-state index >= 15 is 0 Å². The molecule has 0 saturated carbocycles. The number of hydrogen-bond donors (Lipinski definition) is 1. The van der Waals surface area contributed by atoms with Gasteiger partial charge in [0, 0.05) is 13.0 Å². The number of hydrogen-bond acceptors (Lipinski definition) is 3. The standard InChI is InChI=1S/C41H80O3/c1-2-3-4-5-6-7-23-26-29-32-35-38-41(43)44-40-37-34-31-28-25-22-20-18-16-14-12-10-8-9-11-13-15-17-19-21-24-27-30-33-36-39-42/h5-6,42H,2-4,7-40H2,1H3. The molecule has 0 aliphatic carbocycles. The largest absolute Gasteiger partial charge is 0.466 e. The summed E-state index contributed by atoms with van der Waals surface area (Å²) in [5.41, 5.74) is 0. The normalized spacial score (nSPS) is 11.6. The zero-order chi connectivity index (χ0) is 31.9. The zero-order valence-corrected chi connectivity index (χ0v) is 30.1. The number of allylic oxidation sites excluding steroid dienone is 2. The highest BCUT2D eigenvalue weighted by molar-refractivity contribution is 5.69. The van der Waals surface area contributed by atoms with Crippen molar-refractivity contribution in [2.75, 3.05) is 13.2 Å². The van der Waals surface area contributed by atoms with Crippen molar-refractivity contribution >= 4 is 5.97 Å². The predicted octanol–water partition coefficient (Wildman–Crippen LogP) is 13.8. The second kappa shape index (κ2) is 40.2. The van der Waals surface area contributed by atoms with Crippen molar-refractivity contribution in [3.63, 3.8) is 0 Å². The van der Waals surface area contributed by atoms with Gasteiger partial charge in [-0.05, 0) is 38.5 Å². The first kappa shape index (κ1) is 43.2. The van der Waals surface area contributed by atoms with Crippen LogP contribution in [0.2, 0.25) is 0 Å². The zero-order valence-electron chi connectivity index (χ0n) is 30.1. The third-order valence-electron chi connectivity index (χ3n) is 9.21. The van der Waals surface area contributed by atoms with E-state index in [4.69, 9.17) is 9.84 Å². The van der Waals surface area contributed by atoms with Crippen molar-refractivity contribution in [2.24, 2.45) is 0 Å². The number of esters is 1. The summed E-state index contributed by atoms with van der Waals surface area (Å²) in [4.78, 5) is 11.9. The lowest BCUT2D eigenvalue weighted by Gasteiger charge is -2.06. The quantitative estimate of drug-likeness (QED) is 0.0424. The van der Waals surface area contributed by atoms with E-state index < -0.39 is 0 Å². The summed E-state index contributed by atoms with van der Waals surface area (Å²) in [5.74, 6) is 0.0126. The van der Waals surface area contributed by atoms with Crippen LogP contribution in [-0.2, 0) is 9.53 Å². The lowest BCUT2D eigenvalue weighted by molar-refractivity contribution is -0.143. The minimum Gasteiger partial charge on any atom is -0.466 e. The van der Waals surface area contributed by atoms with Gasteiger partial charge in [-0.15, -0.1) is 0 Å². The van der Waals surface area contributed by atoms with Crippen LogP contribution in [0.25, 0.3) is 0 Å². The molecule has 0 saturated heterocycles. The molecule has 0 unspecified atom stereocenters. The van der Waals surface area contributed by atoms with Crippen molar-refractivity contribution in [2.45, 2.75) is 232 Å². The summed E-state index contributed by atoms with van der Waals surface area (Å²) in [5, 5.41) is 8.79. The molecule has 0 spiro atoms. The molecular formula is C41H80O3. The maximum Gasteiger partial charge on any atom is 0.305 e. The molecule has 0 aliphatic heterocycles. The maximum absolute atomic E-state index is 11.9. The van der Waals surface area contributed by atoms with E-state index in [2.05, 4.69) is 19.1 Å². The van der Waals surface area contributed by atoms with E-state index in [0.717, 1.165) is 25.7 Å². The average molecular weight is 621 g/mol. The van der Waals surface area contributed by atoms with Crippen LogP contribution in [0, 0.1) is 0 Å². The Morgan fingerprint density at radius 2 is 0.750 bits per heavy atom. The molecule has 3 heteroatoms. The Balaban J connectivity index is 3.13. The van der Waals surface area contributed by atoms with Gasteiger partial charge in [-0.1, -0.05) is 199 Å². The first-order chi connectivity index (χ1) is 21.8. The number of unbranched alkanes of at least 4 members (excludes halogenated alkanes) is 31. The number of carbonyl (C=O) groups is 1. The van der Waals surface area contributed by atoms with E-state index in [0.29, 0.717) is 19.6 Å². The van der Waals surface area contributed by atoms with E-state index in [1.165, 1.54) is 193 Å². The van der Waals surface area contributed by atoms with E-state index in [1.54, 1.807) is 0 Å². The van der Waals surface area contributed by atoms with Crippen LogP contribution in [0.5, 0.6) is 0 Å². The van der Waals surface area contributed by atoms with Crippen molar-refractivity contribution in [3.05, 3.63) is 12.2 Å². The lowest BCUT2D eigenvalue weighted by Crippen LogP contribution is -2.05. The summed E-state index contributed by atoms with van der Waals surface area (Å²) in [6.45, 7) is 3.23. The van der Waals surface area contributed by atoms with Crippen LogP contribution in [0.15, 0.2) is 12.2 Å². The Bertz CT molecular complexity index is 558. The van der Waals surface area contributed by atoms with Gasteiger partial charge in [-0.3, -0.25) is 4.79 Å². The van der Waals surface area contributed by atoms with Gasteiger partial charge in [0.05, 0.1) is 6.61 Å². The van der Waals surface area contributed by atoms with Crippen molar-refractivity contribution in [3.8, 4) is 0 Å². The first-order valence-electron chi connectivity index (χ1n) is 20.2. The summed E-state index contributed by atoms with van der Waals surface area (Å²) < 4.78 is 5.44. The lowest BCUT2D eigenvalue weighted by atomic mass is 10.0. The molecule has 0 bridgehead atoms. The molecule has 0 atom stereocenters. The summed E-state index contributed by atoms with van der Waals surface area (Å²) in [7, 11) is 0. The molecule has 0 radical (unpaired) electrons. The second-order valence-corrected chi connectivity index (χ2v) is 13.7. The molecule has 3 nitrogen and oxygen atoms in total. The van der Waals surface area contributed by atoms with Crippen LogP contribution in [0.4, 0.5) is 0 Å². The molecule has 0 aromatic rings. The number of ether oxygens (including phenoxy) is 1. The summed E-state index contributed by atoms with van der Waals surface area (Å²) in [6, 6.07) is 0. The van der Waals surface area contributed by atoms with Crippen LogP contribution in [0.3, 0.4) is 0 Å². The Hall–Kier alpha value is -0.830. The fraction of sp³-hybridized carbons (Fsp3) is 0.927. The summed E-state index contributed by atoms with van der Waals surface area (Å²) >= 11 is 0. The number of carbonyl (C=O) groups excluding carboxylic acids is 1. The highest BCUT2D eigenvalue weighted by atomic mass is 16.5. The Morgan fingerprint density at radius 1 is 0.432 bits per heavy atom. The van der Waals surface area contributed by atoms with Gasteiger partial charge in [0.1, 0.15) is 0 Å². The minimum atomic E-state index is 0.0126. The minimum absolute atomic E-state index is 0.0126. The third-order valence-corrected chi connectivity index (χ3v) is 9.21. The second-order valence-electron chi connectivity index (χ2n) is 13.7. The van der Waals surface area contributed by atoms with Gasteiger partial charge < -0.3 is 9.84 Å². The predicted molar refractivity (Wildman–Crippen MR) is 194 cm³/mol. The molecule has 0 heterocycles. The van der Waals surface area contributed by atoms with Gasteiger partial charge >= 0.3 is 5.97 Å². The fourth-order valence-electron chi connectivity index (χ4n) is 6.16. The van der Waals surface area contributed by atoms with Crippen LogP contribution in [0.1, 0.15) is 232 Å². The number of rotatable bonds is 38. The average Bonchev–Trinajstić information content (AvgIpc) is 3.03. The Morgan fingerprint density at radius 3 is 1.14 bits per heavy atom. The Kier molecular flexibility index (Phi) is 39.4. The molecule has 1 N–H and O–H groups in total. The van der Waals surface area contributed by atoms with E-state index in [9.17, 15) is 4.79 Å². The molecule has 0 aliphatic rings. The van der Waals surface area contributed by atoms with Gasteiger partial charge in [0.25, 0.3) is 0 Å². The van der Waals surface area contributed by atoms with Crippen molar-refractivity contribution in [1.29, 1.82) is 0 Å². The van der Waals surface area contributed by atoms with Crippen molar-refractivity contribution < 1.29 is 14.6 Å². The maximum atomic E-state index is 11.9. The molecule has 0 aromatic carbocycles. The number of aliphatic hydroxyl groups is 1. The third kappa shape index (κ3) is 39.2.